The Morgan fingerprint density at radius 2 is 1.81 bits per heavy atom. The number of aliphatic imine (C=N–C) groups is 2. The molecule has 1 unspecified atom stereocenters. The van der Waals surface area contributed by atoms with Gasteiger partial charge in [0, 0.05) is 6.21 Å². The van der Waals surface area contributed by atoms with Gasteiger partial charge in [0.05, 0.1) is 0 Å². The summed E-state index contributed by atoms with van der Waals surface area (Å²) in [7, 11) is 0. The zero-order chi connectivity index (χ0) is 11.0. The number of rotatable bonds is 1. The molecule has 1 heterocycles. The van der Waals surface area contributed by atoms with E-state index in [9.17, 15) is 0 Å². The van der Waals surface area contributed by atoms with Crippen molar-refractivity contribution in [3.8, 4) is 0 Å². The lowest BCUT2D eigenvalue weighted by Gasteiger charge is -2.17. The van der Waals surface area contributed by atoms with Crippen LogP contribution >= 0.6 is 0 Å². The Balaban J connectivity index is 2.19. The van der Waals surface area contributed by atoms with E-state index in [0.29, 0.717) is 0 Å². The molecule has 0 spiro atoms. The van der Waals surface area contributed by atoms with Gasteiger partial charge >= 0.3 is 0 Å². The fraction of sp³-hybridized carbons (Fsp3) is 0.143. The molecular formula is C14H12N2. The van der Waals surface area contributed by atoms with Crippen LogP contribution in [-0.4, -0.2) is 12.6 Å². The van der Waals surface area contributed by atoms with Crippen molar-refractivity contribution < 1.29 is 0 Å². The van der Waals surface area contributed by atoms with E-state index in [1.807, 2.05) is 6.21 Å². The molecule has 2 heteroatoms. The van der Waals surface area contributed by atoms with E-state index >= 15 is 0 Å². The van der Waals surface area contributed by atoms with Crippen molar-refractivity contribution in [2.24, 2.45) is 9.98 Å². The Morgan fingerprint density at radius 3 is 2.56 bits per heavy atom. The molecule has 78 valence electrons. The van der Waals surface area contributed by atoms with Crippen molar-refractivity contribution in [2.75, 3.05) is 0 Å². The van der Waals surface area contributed by atoms with Crippen molar-refractivity contribution in [3.63, 3.8) is 0 Å². The summed E-state index contributed by atoms with van der Waals surface area (Å²) >= 11 is 0. The van der Waals surface area contributed by atoms with E-state index in [1.165, 1.54) is 16.3 Å². The molecule has 0 saturated heterocycles. The van der Waals surface area contributed by atoms with Crippen LogP contribution in [0.25, 0.3) is 10.8 Å². The molecule has 0 fully saturated rings. The highest BCUT2D eigenvalue weighted by atomic mass is 15.0. The maximum atomic E-state index is 4.40. The maximum absolute atomic E-state index is 4.40. The van der Waals surface area contributed by atoms with E-state index in [0.717, 1.165) is 0 Å². The first-order valence-electron chi connectivity index (χ1n) is 5.35. The van der Waals surface area contributed by atoms with Gasteiger partial charge in [-0.3, -0.25) is 4.99 Å². The second-order valence-corrected chi connectivity index (χ2v) is 4.23. The van der Waals surface area contributed by atoms with Gasteiger partial charge in [0.15, 0.2) is 0 Å². The number of nitrogens with zero attached hydrogens (tertiary/aromatic N) is 2. The quantitative estimate of drug-likeness (QED) is 0.687. The van der Waals surface area contributed by atoms with Gasteiger partial charge in [-0.1, -0.05) is 36.4 Å². The average Bonchev–Trinajstić information content (AvgIpc) is 2.77. The highest BCUT2D eigenvalue weighted by Gasteiger charge is 2.25. The first kappa shape index (κ1) is 9.28. The van der Waals surface area contributed by atoms with Crippen molar-refractivity contribution in [1.82, 2.24) is 0 Å². The molecule has 1 aliphatic heterocycles. The lowest BCUT2D eigenvalue weighted by atomic mass is 9.92. The van der Waals surface area contributed by atoms with Crippen LogP contribution in [0.3, 0.4) is 0 Å². The van der Waals surface area contributed by atoms with Crippen molar-refractivity contribution in [2.45, 2.75) is 12.5 Å². The third-order valence-corrected chi connectivity index (χ3v) is 3.05. The van der Waals surface area contributed by atoms with Gasteiger partial charge in [-0.2, -0.15) is 0 Å². The zero-order valence-electron chi connectivity index (χ0n) is 9.09. The standard InChI is InChI=1S/C14H12N2/c1-14(9-15-10-16-14)13-7-6-11-4-2-3-5-12(11)8-13/h2-10H,1H3. The topological polar surface area (TPSA) is 24.7 Å². The fourth-order valence-electron chi connectivity index (χ4n) is 2.02. The summed E-state index contributed by atoms with van der Waals surface area (Å²) in [5.41, 5.74) is 0.896. The molecule has 3 rings (SSSR count). The molecule has 0 aromatic heterocycles. The third-order valence-electron chi connectivity index (χ3n) is 3.05. The average molecular weight is 208 g/mol. The molecule has 1 atom stereocenters. The van der Waals surface area contributed by atoms with Gasteiger partial charge in [0.2, 0.25) is 0 Å². The minimum atomic E-state index is -0.288. The van der Waals surface area contributed by atoms with Gasteiger partial charge in [0.25, 0.3) is 0 Å². The Morgan fingerprint density at radius 1 is 1.00 bits per heavy atom. The van der Waals surface area contributed by atoms with Crippen LogP contribution in [0.15, 0.2) is 52.4 Å². The predicted octanol–water partition coefficient (Wildman–Crippen LogP) is 3.17. The molecule has 16 heavy (non-hydrogen) atoms. The molecule has 0 amide bonds. The number of hydrogen-bond acceptors (Lipinski definition) is 2. The number of fused-ring (bicyclic) bond motifs is 1. The summed E-state index contributed by atoms with van der Waals surface area (Å²) in [4.78, 5) is 8.47. The van der Waals surface area contributed by atoms with Gasteiger partial charge in [-0.25, -0.2) is 4.99 Å². The summed E-state index contributed by atoms with van der Waals surface area (Å²) in [6, 6.07) is 14.8. The maximum Gasteiger partial charge on any atom is 0.120 e. The third kappa shape index (κ3) is 1.34. The van der Waals surface area contributed by atoms with Crippen molar-refractivity contribution in [1.29, 1.82) is 0 Å². The molecule has 0 saturated carbocycles. The van der Waals surface area contributed by atoms with E-state index in [2.05, 4.69) is 59.4 Å². The number of benzene rings is 2. The molecule has 0 bridgehead atoms. The molecular weight excluding hydrogens is 196 g/mol. The second-order valence-electron chi connectivity index (χ2n) is 4.23. The van der Waals surface area contributed by atoms with Crippen LogP contribution < -0.4 is 0 Å². The molecule has 2 nitrogen and oxygen atoms in total. The van der Waals surface area contributed by atoms with Crippen LogP contribution in [0.4, 0.5) is 0 Å². The molecule has 0 aliphatic carbocycles. The van der Waals surface area contributed by atoms with Gasteiger partial charge in [-0.15, -0.1) is 0 Å². The largest absolute Gasteiger partial charge is 0.257 e. The summed E-state index contributed by atoms with van der Waals surface area (Å²) in [6.45, 7) is 2.07. The van der Waals surface area contributed by atoms with Crippen LogP contribution in [-0.2, 0) is 5.54 Å². The zero-order valence-corrected chi connectivity index (χ0v) is 9.09. The molecule has 0 radical (unpaired) electrons. The fourth-order valence-corrected chi connectivity index (χ4v) is 2.02. The monoisotopic (exact) mass is 208 g/mol. The van der Waals surface area contributed by atoms with Gasteiger partial charge in [-0.05, 0) is 29.3 Å². The van der Waals surface area contributed by atoms with E-state index in [1.54, 1.807) is 6.34 Å². The van der Waals surface area contributed by atoms with Gasteiger partial charge in [0.1, 0.15) is 11.9 Å². The van der Waals surface area contributed by atoms with Crippen molar-refractivity contribution in [3.05, 3.63) is 48.0 Å². The van der Waals surface area contributed by atoms with Crippen LogP contribution in [0.5, 0.6) is 0 Å². The summed E-state index contributed by atoms with van der Waals surface area (Å²) in [5, 5.41) is 2.51. The molecule has 2 aromatic carbocycles. The summed E-state index contributed by atoms with van der Waals surface area (Å²) in [6.07, 6.45) is 3.51. The normalized spacial score (nSPS) is 23.1. The Bertz CT molecular complexity index is 584. The highest BCUT2D eigenvalue weighted by molar-refractivity contribution is 5.89. The SMILES string of the molecule is CC1(c2ccc3ccccc3c2)C=NC=N1. The van der Waals surface area contributed by atoms with Gasteiger partial charge < -0.3 is 0 Å². The Kier molecular flexibility index (Phi) is 1.90. The van der Waals surface area contributed by atoms with Crippen LogP contribution in [0.1, 0.15) is 12.5 Å². The first-order valence-corrected chi connectivity index (χ1v) is 5.35. The minimum absolute atomic E-state index is 0.288. The predicted molar refractivity (Wildman–Crippen MR) is 68.3 cm³/mol. The Labute approximate surface area is 94.4 Å². The van der Waals surface area contributed by atoms with Crippen molar-refractivity contribution >= 4 is 23.3 Å². The molecule has 0 N–H and O–H groups in total. The highest BCUT2D eigenvalue weighted by Crippen LogP contribution is 2.28. The lowest BCUT2D eigenvalue weighted by Crippen LogP contribution is -2.17. The number of hydrogen-bond donors (Lipinski definition) is 0. The minimum Gasteiger partial charge on any atom is -0.257 e. The smallest absolute Gasteiger partial charge is 0.120 e. The lowest BCUT2D eigenvalue weighted by molar-refractivity contribution is 0.712. The first-order chi connectivity index (χ1) is 7.78. The van der Waals surface area contributed by atoms with Crippen LogP contribution in [0, 0.1) is 0 Å². The summed E-state index contributed by atoms with van der Waals surface area (Å²) < 4.78 is 0. The van der Waals surface area contributed by atoms with E-state index in [-0.39, 0.29) is 5.54 Å². The van der Waals surface area contributed by atoms with E-state index in [4.69, 9.17) is 0 Å². The van der Waals surface area contributed by atoms with Crippen LogP contribution in [0.2, 0.25) is 0 Å². The second kappa shape index (κ2) is 3.27. The van der Waals surface area contributed by atoms with E-state index < -0.39 is 0 Å². The molecule has 2 aromatic rings. The Hall–Kier alpha value is -1.96. The molecule has 1 aliphatic rings. The summed E-state index contributed by atoms with van der Waals surface area (Å²) in [5.74, 6) is 0.